The molecule has 2 bridgehead atoms. The Morgan fingerprint density at radius 2 is 1.91 bits per heavy atom. The summed E-state index contributed by atoms with van der Waals surface area (Å²) in [4.78, 5) is 8.28. The molecular formula is C26H27N7O. The van der Waals surface area contributed by atoms with E-state index in [1.165, 1.54) is 11.8 Å². The van der Waals surface area contributed by atoms with Gasteiger partial charge < -0.3 is 9.40 Å². The van der Waals surface area contributed by atoms with Crippen LogP contribution in [0.15, 0.2) is 53.2 Å². The number of hydrogen-bond acceptors (Lipinski definition) is 6. The maximum absolute atomic E-state index is 6.26. The number of likely N-dealkylation sites (N-methyl/N-ethyl adjacent to an activating group) is 1. The van der Waals surface area contributed by atoms with Gasteiger partial charge in [0.1, 0.15) is 0 Å². The highest BCUT2D eigenvalue weighted by molar-refractivity contribution is 6.01. The number of aromatic nitrogens is 5. The van der Waals surface area contributed by atoms with E-state index in [4.69, 9.17) is 4.42 Å². The van der Waals surface area contributed by atoms with Crippen molar-refractivity contribution in [3.8, 4) is 22.6 Å². The molecule has 0 aliphatic carbocycles. The van der Waals surface area contributed by atoms with Gasteiger partial charge in [-0.25, -0.2) is 0 Å². The van der Waals surface area contributed by atoms with Gasteiger partial charge in [-0.15, -0.1) is 10.2 Å². The van der Waals surface area contributed by atoms with Crippen LogP contribution in [0, 0.1) is 0 Å². The van der Waals surface area contributed by atoms with Crippen LogP contribution in [0.1, 0.15) is 26.2 Å². The van der Waals surface area contributed by atoms with Crippen molar-refractivity contribution in [3.05, 3.63) is 54.7 Å². The van der Waals surface area contributed by atoms with E-state index in [9.17, 15) is 0 Å². The number of likely N-dealkylation sites (tertiary alicyclic amines) is 2. The molecule has 2 aromatic carbocycles. The van der Waals surface area contributed by atoms with E-state index in [2.05, 4.69) is 92.5 Å². The number of fused-ring (bicyclic) bond motifs is 4. The zero-order valence-electron chi connectivity index (χ0n) is 19.6. The molecule has 0 amide bonds. The molecule has 2 atom stereocenters. The Hall–Kier alpha value is -3.49. The lowest BCUT2D eigenvalue weighted by molar-refractivity contribution is 0.0482. The molecular weight excluding hydrogens is 426 g/mol. The van der Waals surface area contributed by atoms with Crippen molar-refractivity contribution in [3.63, 3.8) is 0 Å². The van der Waals surface area contributed by atoms with Gasteiger partial charge in [0.05, 0.1) is 23.8 Å². The normalized spacial score (nSPS) is 25.3. The molecule has 5 aromatic rings. The second-order valence-electron chi connectivity index (χ2n) is 10.5. The summed E-state index contributed by atoms with van der Waals surface area (Å²) in [5.74, 6) is 1.19. The third-order valence-corrected chi connectivity index (χ3v) is 8.04. The highest BCUT2D eigenvalue weighted by Crippen LogP contribution is 2.46. The Labute approximate surface area is 197 Å². The summed E-state index contributed by atoms with van der Waals surface area (Å²) in [5.41, 5.74) is 5.54. The van der Waals surface area contributed by atoms with Crippen LogP contribution in [0.4, 0.5) is 0 Å². The predicted molar refractivity (Wildman–Crippen MR) is 131 cm³/mol. The number of aromatic amines is 2. The quantitative estimate of drug-likeness (QED) is 0.418. The highest BCUT2D eigenvalue weighted by Gasteiger charge is 2.57. The molecule has 0 unspecified atom stereocenters. The molecule has 0 saturated carbocycles. The Balaban J connectivity index is 1.26. The van der Waals surface area contributed by atoms with Gasteiger partial charge in [-0.3, -0.25) is 14.9 Å². The number of hydrogen-bond donors (Lipinski definition) is 2. The molecule has 2 saturated heterocycles. The first kappa shape index (κ1) is 19.9. The number of rotatable bonds is 4. The maximum atomic E-state index is 6.26. The van der Waals surface area contributed by atoms with E-state index >= 15 is 0 Å². The standard InChI is InChI=1S/C26H27N7O/c1-25-13-26(2,14-32(25)3)33(15-25)12-23-30-31-24(34-23)19-9-16(10-22-20(19)11-28-29-22)17-5-4-6-21-18(17)7-8-27-21/h4-11,27H,12-15H2,1-3H3,(H,28,29)/t25-,26-/m1/s1. The second-order valence-corrected chi connectivity index (χ2v) is 10.5. The molecule has 2 N–H and O–H groups in total. The molecule has 8 nitrogen and oxygen atoms in total. The first-order valence-corrected chi connectivity index (χ1v) is 11.7. The van der Waals surface area contributed by atoms with Gasteiger partial charge in [-0.2, -0.15) is 5.10 Å². The molecule has 34 heavy (non-hydrogen) atoms. The monoisotopic (exact) mass is 453 g/mol. The molecule has 2 fully saturated rings. The van der Waals surface area contributed by atoms with Gasteiger partial charge in [0.25, 0.3) is 0 Å². The largest absolute Gasteiger partial charge is 0.419 e. The lowest BCUT2D eigenvalue weighted by Crippen LogP contribution is -2.54. The van der Waals surface area contributed by atoms with Crippen LogP contribution in [0.3, 0.4) is 0 Å². The van der Waals surface area contributed by atoms with Crippen LogP contribution in [0.2, 0.25) is 0 Å². The van der Waals surface area contributed by atoms with E-state index in [1.54, 1.807) is 0 Å². The number of benzene rings is 2. The molecule has 3 aromatic heterocycles. The smallest absolute Gasteiger partial charge is 0.248 e. The summed E-state index contributed by atoms with van der Waals surface area (Å²) in [7, 11) is 2.23. The minimum Gasteiger partial charge on any atom is -0.419 e. The topological polar surface area (TPSA) is 89.9 Å². The summed E-state index contributed by atoms with van der Waals surface area (Å²) >= 11 is 0. The molecule has 0 radical (unpaired) electrons. The minimum atomic E-state index is 0.144. The van der Waals surface area contributed by atoms with Gasteiger partial charge in [-0.05, 0) is 62.7 Å². The molecule has 8 heteroatoms. The van der Waals surface area contributed by atoms with Crippen molar-refractivity contribution in [2.75, 3.05) is 20.1 Å². The number of piperazine rings is 1. The van der Waals surface area contributed by atoms with E-state index in [-0.39, 0.29) is 11.1 Å². The van der Waals surface area contributed by atoms with Crippen LogP contribution in [-0.4, -0.2) is 66.4 Å². The van der Waals surface area contributed by atoms with Gasteiger partial charge in [-0.1, -0.05) is 12.1 Å². The fourth-order valence-corrected chi connectivity index (χ4v) is 6.26. The lowest BCUT2D eigenvalue weighted by Gasteiger charge is -2.41. The molecule has 2 aliphatic heterocycles. The number of nitrogens with zero attached hydrogens (tertiary/aromatic N) is 5. The molecule has 2 aliphatic rings. The van der Waals surface area contributed by atoms with Gasteiger partial charge >= 0.3 is 0 Å². The van der Waals surface area contributed by atoms with Crippen LogP contribution >= 0.6 is 0 Å². The van der Waals surface area contributed by atoms with Gasteiger partial charge in [0, 0.05) is 46.7 Å². The van der Waals surface area contributed by atoms with Crippen LogP contribution in [0.5, 0.6) is 0 Å². The zero-order chi connectivity index (χ0) is 23.1. The zero-order valence-corrected chi connectivity index (χ0v) is 19.6. The second kappa shape index (κ2) is 6.77. The maximum Gasteiger partial charge on any atom is 0.248 e. The van der Waals surface area contributed by atoms with Crippen LogP contribution in [-0.2, 0) is 6.54 Å². The van der Waals surface area contributed by atoms with Crippen LogP contribution in [0.25, 0.3) is 44.4 Å². The predicted octanol–water partition coefficient (Wildman–Crippen LogP) is 4.43. The third-order valence-electron chi connectivity index (χ3n) is 8.04. The molecule has 5 heterocycles. The first-order valence-electron chi connectivity index (χ1n) is 11.7. The third kappa shape index (κ3) is 2.82. The average Bonchev–Trinajstić information content (AvgIpc) is 3.61. The van der Waals surface area contributed by atoms with E-state index < -0.39 is 0 Å². The number of nitrogens with one attached hydrogen (secondary N) is 2. The fourth-order valence-electron chi connectivity index (χ4n) is 6.26. The van der Waals surface area contributed by atoms with Crippen molar-refractivity contribution >= 4 is 21.8 Å². The summed E-state index contributed by atoms with van der Waals surface area (Å²) in [6, 6.07) is 12.7. The SMILES string of the molecule is CN1C[C@@]2(C)C[C@]1(C)CN2Cc1nnc(-c2cc(-c3cccc4[nH]ccc34)cc3[nH]ncc23)o1. The Bertz CT molecular complexity index is 1550. The Morgan fingerprint density at radius 1 is 1.00 bits per heavy atom. The Kier molecular flexibility index (Phi) is 3.97. The highest BCUT2D eigenvalue weighted by atomic mass is 16.4. The van der Waals surface area contributed by atoms with Gasteiger partial charge in [0.15, 0.2) is 0 Å². The van der Waals surface area contributed by atoms with E-state index in [0.717, 1.165) is 46.2 Å². The lowest BCUT2D eigenvalue weighted by atomic mass is 9.97. The van der Waals surface area contributed by atoms with Crippen molar-refractivity contribution in [2.45, 2.75) is 37.9 Å². The number of H-pyrrole nitrogens is 2. The fraction of sp³-hybridized carbons (Fsp3) is 0.346. The minimum absolute atomic E-state index is 0.144. The molecule has 0 spiro atoms. The van der Waals surface area contributed by atoms with Crippen molar-refractivity contribution in [1.29, 1.82) is 0 Å². The van der Waals surface area contributed by atoms with Crippen molar-refractivity contribution < 1.29 is 4.42 Å². The first-order chi connectivity index (χ1) is 16.4. The van der Waals surface area contributed by atoms with E-state index in [0.29, 0.717) is 18.3 Å². The average molecular weight is 454 g/mol. The summed E-state index contributed by atoms with van der Waals surface area (Å²) in [5, 5.41) is 18.4. The molecule has 172 valence electrons. The summed E-state index contributed by atoms with van der Waals surface area (Å²) in [6.07, 6.45) is 4.96. The van der Waals surface area contributed by atoms with Crippen LogP contribution < -0.4 is 0 Å². The van der Waals surface area contributed by atoms with Crippen molar-refractivity contribution in [2.24, 2.45) is 0 Å². The van der Waals surface area contributed by atoms with Crippen molar-refractivity contribution in [1.82, 2.24) is 35.2 Å². The van der Waals surface area contributed by atoms with E-state index in [1.807, 2.05) is 12.4 Å². The summed E-state index contributed by atoms with van der Waals surface area (Å²) < 4.78 is 6.26. The Morgan fingerprint density at radius 3 is 2.74 bits per heavy atom. The van der Waals surface area contributed by atoms with Gasteiger partial charge in [0.2, 0.25) is 11.8 Å². The molecule has 7 rings (SSSR count). The summed E-state index contributed by atoms with van der Waals surface area (Å²) in [6.45, 7) is 7.44.